The van der Waals surface area contributed by atoms with Crippen LogP contribution in [0.2, 0.25) is 0 Å². The van der Waals surface area contributed by atoms with Crippen LogP contribution < -0.4 is 11.0 Å². The zero-order chi connectivity index (χ0) is 19.4. The Morgan fingerprint density at radius 2 is 1.89 bits per heavy atom. The fourth-order valence-electron chi connectivity index (χ4n) is 2.84. The molecule has 0 saturated heterocycles. The number of aromatic amines is 1. The summed E-state index contributed by atoms with van der Waals surface area (Å²) < 4.78 is 4.97. The molecule has 3 rings (SSSR count). The minimum atomic E-state index is -0.363. The van der Waals surface area contributed by atoms with Gasteiger partial charge >= 0.3 is 5.69 Å². The maximum absolute atomic E-state index is 12.1. The number of hydrogen-bond acceptors (Lipinski definition) is 6. The van der Waals surface area contributed by atoms with Crippen molar-refractivity contribution in [3.8, 4) is 11.4 Å². The van der Waals surface area contributed by atoms with Gasteiger partial charge in [-0.15, -0.1) is 0 Å². The third kappa shape index (κ3) is 4.66. The van der Waals surface area contributed by atoms with E-state index in [0.717, 1.165) is 22.4 Å². The maximum atomic E-state index is 12.1. The topological polar surface area (TPSA) is 114 Å². The van der Waals surface area contributed by atoms with Gasteiger partial charge in [-0.3, -0.25) is 4.79 Å². The van der Waals surface area contributed by atoms with Gasteiger partial charge in [0.1, 0.15) is 0 Å². The highest BCUT2D eigenvalue weighted by Crippen LogP contribution is 2.16. The zero-order valence-corrected chi connectivity index (χ0v) is 15.5. The number of nitrogens with zero attached hydrogens (tertiary/aromatic N) is 3. The van der Waals surface area contributed by atoms with Crippen LogP contribution in [0.4, 0.5) is 0 Å². The lowest BCUT2D eigenvalue weighted by Gasteiger charge is -2.09. The summed E-state index contributed by atoms with van der Waals surface area (Å²) in [4.78, 5) is 34.2. The Bertz CT molecular complexity index is 979. The summed E-state index contributed by atoms with van der Waals surface area (Å²) in [6.07, 6.45) is 0.860. The van der Waals surface area contributed by atoms with Crippen molar-refractivity contribution in [2.75, 3.05) is 0 Å². The molecule has 0 unspecified atom stereocenters. The molecule has 0 fully saturated rings. The number of aryl methyl sites for hydroxylation is 3. The molecule has 140 valence electrons. The minimum Gasteiger partial charge on any atom is -0.352 e. The average molecular weight is 367 g/mol. The highest BCUT2D eigenvalue weighted by molar-refractivity contribution is 5.76. The number of carbonyl (C=O) groups excluding carboxylic acids is 1. The van der Waals surface area contributed by atoms with Crippen LogP contribution in [-0.2, 0) is 17.8 Å². The van der Waals surface area contributed by atoms with E-state index < -0.39 is 0 Å². The van der Waals surface area contributed by atoms with E-state index in [1.807, 2.05) is 31.2 Å². The largest absolute Gasteiger partial charge is 0.352 e. The molecule has 0 aliphatic carbocycles. The Labute approximate surface area is 156 Å². The van der Waals surface area contributed by atoms with E-state index in [4.69, 9.17) is 4.52 Å². The number of hydrogen-bond donors (Lipinski definition) is 2. The summed E-state index contributed by atoms with van der Waals surface area (Å²) >= 11 is 0. The van der Waals surface area contributed by atoms with Crippen molar-refractivity contribution in [3.63, 3.8) is 0 Å². The lowest BCUT2D eigenvalue weighted by Crippen LogP contribution is -2.24. The van der Waals surface area contributed by atoms with Gasteiger partial charge in [0.25, 0.3) is 0 Å². The fourth-order valence-corrected chi connectivity index (χ4v) is 2.84. The van der Waals surface area contributed by atoms with E-state index in [9.17, 15) is 9.59 Å². The number of nitrogens with one attached hydrogen (secondary N) is 2. The van der Waals surface area contributed by atoms with Crippen molar-refractivity contribution < 1.29 is 9.32 Å². The Balaban J connectivity index is 1.53. The van der Waals surface area contributed by atoms with Crippen LogP contribution >= 0.6 is 0 Å². The Morgan fingerprint density at radius 1 is 1.15 bits per heavy atom. The molecule has 1 amide bonds. The third-order valence-electron chi connectivity index (χ3n) is 4.28. The molecular formula is C19H21N5O3. The molecule has 1 aromatic carbocycles. The highest BCUT2D eigenvalue weighted by atomic mass is 16.5. The first kappa shape index (κ1) is 18.5. The number of carbonyl (C=O) groups is 1. The molecule has 0 aliphatic heterocycles. The Kier molecular flexibility index (Phi) is 5.44. The molecule has 0 radical (unpaired) electrons. The summed E-state index contributed by atoms with van der Waals surface area (Å²) in [7, 11) is 0. The normalized spacial score (nSPS) is 10.8. The van der Waals surface area contributed by atoms with E-state index >= 15 is 0 Å². The van der Waals surface area contributed by atoms with Gasteiger partial charge < -0.3 is 14.8 Å². The van der Waals surface area contributed by atoms with E-state index in [-0.39, 0.29) is 11.6 Å². The monoisotopic (exact) mass is 367 g/mol. The van der Waals surface area contributed by atoms with E-state index in [2.05, 4.69) is 25.4 Å². The second-order valence-electron chi connectivity index (χ2n) is 6.34. The molecule has 27 heavy (non-hydrogen) atoms. The second kappa shape index (κ2) is 7.94. The summed E-state index contributed by atoms with van der Waals surface area (Å²) in [6.45, 7) is 5.77. The van der Waals surface area contributed by atoms with E-state index in [1.54, 1.807) is 13.8 Å². The molecule has 0 bridgehead atoms. The molecule has 8 nitrogen and oxygen atoms in total. The Hall–Kier alpha value is -3.29. The van der Waals surface area contributed by atoms with Gasteiger partial charge in [-0.1, -0.05) is 29.4 Å². The van der Waals surface area contributed by atoms with Crippen molar-refractivity contribution in [1.82, 2.24) is 25.4 Å². The van der Waals surface area contributed by atoms with Crippen LogP contribution in [0.5, 0.6) is 0 Å². The fraction of sp³-hybridized carbons (Fsp3) is 0.316. The second-order valence-corrected chi connectivity index (χ2v) is 6.34. The molecule has 2 aromatic heterocycles. The molecule has 2 N–H and O–H groups in total. The number of amides is 1. The van der Waals surface area contributed by atoms with Gasteiger partial charge in [0.05, 0.1) is 0 Å². The summed E-state index contributed by atoms with van der Waals surface area (Å²) in [5, 5.41) is 6.78. The highest BCUT2D eigenvalue weighted by Gasteiger charge is 2.09. The van der Waals surface area contributed by atoms with Crippen LogP contribution in [0, 0.1) is 20.8 Å². The maximum Gasteiger partial charge on any atom is 0.345 e. The number of rotatable bonds is 6. The lowest BCUT2D eigenvalue weighted by molar-refractivity contribution is -0.121. The standard InChI is InChI=1S/C19H21N5O3/c1-11-16(12(2)22-19(26)21-11)8-9-17(25)20-10-14-4-6-15(7-5-14)18-23-13(3)27-24-18/h4-7H,8-10H2,1-3H3,(H,20,25)(H,21,22,26). The zero-order valence-electron chi connectivity index (χ0n) is 15.5. The molecule has 0 aliphatic rings. The minimum absolute atomic E-state index is 0.0575. The summed E-state index contributed by atoms with van der Waals surface area (Å²) in [6, 6.07) is 7.62. The van der Waals surface area contributed by atoms with Gasteiger partial charge in [0.2, 0.25) is 17.6 Å². The van der Waals surface area contributed by atoms with Crippen molar-refractivity contribution in [1.29, 1.82) is 0 Å². The van der Waals surface area contributed by atoms with Crippen LogP contribution in [0.25, 0.3) is 11.4 Å². The molecule has 3 aromatic rings. The first-order valence-corrected chi connectivity index (χ1v) is 8.65. The van der Waals surface area contributed by atoms with Gasteiger partial charge in [-0.05, 0) is 31.4 Å². The quantitative estimate of drug-likeness (QED) is 0.689. The molecule has 8 heteroatoms. The lowest BCUT2D eigenvalue weighted by atomic mass is 10.1. The molecular weight excluding hydrogens is 346 g/mol. The predicted octanol–water partition coefficient (Wildman–Crippen LogP) is 1.99. The van der Waals surface area contributed by atoms with Crippen LogP contribution in [0.15, 0.2) is 33.6 Å². The van der Waals surface area contributed by atoms with Gasteiger partial charge in [-0.25, -0.2) is 4.79 Å². The average Bonchev–Trinajstić information content (AvgIpc) is 3.06. The van der Waals surface area contributed by atoms with Gasteiger partial charge in [-0.2, -0.15) is 9.97 Å². The number of H-pyrrole nitrogens is 1. The third-order valence-corrected chi connectivity index (χ3v) is 4.28. The number of aromatic nitrogens is 4. The van der Waals surface area contributed by atoms with Crippen LogP contribution in [0.1, 0.15) is 34.8 Å². The van der Waals surface area contributed by atoms with E-state index in [0.29, 0.717) is 36.8 Å². The smallest absolute Gasteiger partial charge is 0.345 e. The SMILES string of the molecule is Cc1nc(-c2ccc(CNC(=O)CCc3c(C)nc(=O)[nH]c3C)cc2)no1. The molecule has 2 heterocycles. The van der Waals surface area contributed by atoms with Crippen LogP contribution in [0.3, 0.4) is 0 Å². The Morgan fingerprint density at radius 3 is 2.52 bits per heavy atom. The van der Waals surface area contributed by atoms with Crippen molar-refractivity contribution in [2.45, 2.75) is 40.2 Å². The summed E-state index contributed by atoms with van der Waals surface area (Å²) in [5.41, 5.74) is 3.80. The van der Waals surface area contributed by atoms with Crippen LogP contribution in [-0.4, -0.2) is 26.0 Å². The van der Waals surface area contributed by atoms with Crippen molar-refractivity contribution in [3.05, 3.63) is 63.2 Å². The van der Waals surface area contributed by atoms with Gasteiger partial charge in [0, 0.05) is 36.8 Å². The van der Waals surface area contributed by atoms with Crippen molar-refractivity contribution >= 4 is 5.91 Å². The van der Waals surface area contributed by atoms with E-state index in [1.165, 1.54) is 0 Å². The first-order chi connectivity index (χ1) is 12.9. The van der Waals surface area contributed by atoms with Crippen molar-refractivity contribution in [2.24, 2.45) is 0 Å². The predicted molar refractivity (Wildman–Crippen MR) is 99.0 cm³/mol. The molecule has 0 atom stereocenters. The molecule has 0 spiro atoms. The number of benzene rings is 1. The summed E-state index contributed by atoms with van der Waals surface area (Å²) in [5.74, 6) is 1.01. The van der Waals surface area contributed by atoms with Gasteiger partial charge in [0.15, 0.2) is 0 Å². The molecule has 0 saturated carbocycles. The first-order valence-electron chi connectivity index (χ1n) is 8.65.